The highest BCUT2D eigenvalue weighted by Gasteiger charge is 1.97. The highest BCUT2D eigenvalue weighted by atomic mass is 16.4. The van der Waals surface area contributed by atoms with Crippen molar-refractivity contribution < 1.29 is 19.8 Å². The van der Waals surface area contributed by atoms with Gasteiger partial charge in [0, 0.05) is 39.0 Å². The molecule has 0 rings (SSSR count). The van der Waals surface area contributed by atoms with Gasteiger partial charge in [0.1, 0.15) is 0 Å². The molecule has 32 heavy (non-hydrogen) atoms. The van der Waals surface area contributed by atoms with Crippen LogP contribution in [-0.2, 0) is 9.59 Å². The monoisotopic (exact) mass is 458 g/mol. The normalized spacial score (nSPS) is 11.1. The standard InChI is InChI=1S/C24H50N4O4/c29-23(30)13-11-17-27-21-19-25-15-9-7-5-3-1-2-4-6-8-10-16-26-20-22-28-18-12-14-24(31)32/h25-28H,1-22H2,(H,29,30)(H,31,32). The van der Waals surface area contributed by atoms with Crippen LogP contribution in [0.4, 0.5) is 0 Å². The van der Waals surface area contributed by atoms with Crippen LogP contribution < -0.4 is 21.3 Å². The highest BCUT2D eigenvalue weighted by Crippen LogP contribution is 2.10. The molecule has 0 unspecified atom stereocenters. The Hall–Kier alpha value is -1.22. The number of carbonyl (C=O) groups is 2. The molecule has 8 nitrogen and oxygen atoms in total. The Morgan fingerprint density at radius 2 is 0.625 bits per heavy atom. The van der Waals surface area contributed by atoms with Crippen LogP contribution in [0.25, 0.3) is 0 Å². The van der Waals surface area contributed by atoms with E-state index in [1.165, 1.54) is 64.2 Å². The zero-order chi connectivity index (χ0) is 23.5. The average molecular weight is 459 g/mol. The summed E-state index contributed by atoms with van der Waals surface area (Å²) in [5.41, 5.74) is 0. The van der Waals surface area contributed by atoms with E-state index in [-0.39, 0.29) is 12.8 Å². The first-order valence-electron chi connectivity index (χ1n) is 12.9. The summed E-state index contributed by atoms with van der Waals surface area (Å²) in [6, 6.07) is 0. The van der Waals surface area contributed by atoms with E-state index in [1.807, 2.05) is 0 Å². The van der Waals surface area contributed by atoms with Gasteiger partial charge in [-0.1, -0.05) is 51.4 Å². The molecule has 8 heteroatoms. The lowest BCUT2D eigenvalue weighted by molar-refractivity contribution is -0.138. The maximum Gasteiger partial charge on any atom is 0.303 e. The van der Waals surface area contributed by atoms with Crippen LogP contribution in [0.1, 0.15) is 89.9 Å². The Bertz CT molecular complexity index is 387. The van der Waals surface area contributed by atoms with Crippen molar-refractivity contribution in [3.63, 3.8) is 0 Å². The number of nitrogens with one attached hydrogen (secondary N) is 4. The van der Waals surface area contributed by atoms with Crippen LogP contribution in [0.15, 0.2) is 0 Å². The third kappa shape index (κ3) is 28.8. The molecule has 0 saturated carbocycles. The summed E-state index contributed by atoms with van der Waals surface area (Å²) in [6.07, 6.45) is 15.1. The number of hydrogen-bond donors (Lipinski definition) is 6. The molecular weight excluding hydrogens is 408 g/mol. The van der Waals surface area contributed by atoms with Gasteiger partial charge in [-0.05, 0) is 51.9 Å². The molecular formula is C24H50N4O4. The fourth-order valence-electron chi connectivity index (χ4n) is 3.50. The zero-order valence-electron chi connectivity index (χ0n) is 20.3. The molecule has 0 atom stereocenters. The average Bonchev–Trinajstić information content (AvgIpc) is 2.75. The molecule has 0 aliphatic carbocycles. The van der Waals surface area contributed by atoms with E-state index >= 15 is 0 Å². The second-order valence-corrected chi connectivity index (χ2v) is 8.53. The zero-order valence-corrected chi connectivity index (χ0v) is 20.3. The molecule has 0 saturated heterocycles. The number of rotatable bonds is 27. The van der Waals surface area contributed by atoms with E-state index < -0.39 is 11.9 Å². The number of unbranched alkanes of at least 4 members (excludes halogenated alkanes) is 9. The fraction of sp³-hybridized carbons (Fsp3) is 0.917. The molecule has 6 N–H and O–H groups in total. The highest BCUT2D eigenvalue weighted by molar-refractivity contribution is 5.66. The molecule has 0 heterocycles. The Balaban J connectivity index is 3.02. The lowest BCUT2D eigenvalue weighted by atomic mass is 10.1. The second-order valence-electron chi connectivity index (χ2n) is 8.53. The molecule has 0 bridgehead atoms. The molecule has 0 radical (unpaired) electrons. The topological polar surface area (TPSA) is 123 Å². The first-order valence-corrected chi connectivity index (χ1v) is 12.9. The predicted molar refractivity (Wildman–Crippen MR) is 131 cm³/mol. The van der Waals surface area contributed by atoms with E-state index in [1.54, 1.807) is 0 Å². The molecule has 0 fully saturated rings. The van der Waals surface area contributed by atoms with E-state index in [4.69, 9.17) is 10.2 Å². The largest absolute Gasteiger partial charge is 0.481 e. The molecule has 0 aliphatic rings. The van der Waals surface area contributed by atoms with Gasteiger partial charge in [-0.15, -0.1) is 0 Å². The SMILES string of the molecule is O=C(O)CCCNCCNCCCCCCCCCCCCNCCNCCCC(=O)O. The summed E-state index contributed by atoms with van der Waals surface area (Å²) >= 11 is 0. The Morgan fingerprint density at radius 1 is 0.375 bits per heavy atom. The van der Waals surface area contributed by atoms with Gasteiger partial charge < -0.3 is 31.5 Å². The number of aliphatic carboxylic acids is 2. The lowest BCUT2D eigenvalue weighted by Gasteiger charge is -2.07. The summed E-state index contributed by atoms with van der Waals surface area (Å²) in [7, 11) is 0. The van der Waals surface area contributed by atoms with Gasteiger partial charge in [0.25, 0.3) is 0 Å². The first-order chi connectivity index (χ1) is 15.6. The van der Waals surface area contributed by atoms with Gasteiger partial charge >= 0.3 is 11.9 Å². The van der Waals surface area contributed by atoms with Crippen LogP contribution in [0.2, 0.25) is 0 Å². The minimum atomic E-state index is -0.720. The molecule has 0 aromatic heterocycles. The third-order valence-electron chi connectivity index (χ3n) is 5.40. The fourth-order valence-corrected chi connectivity index (χ4v) is 3.50. The molecule has 190 valence electrons. The van der Waals surface area contributed by atoms with Crippen molar-refractivity contribution >= 4 is 11.9 Å². The van der Waals surface area contributed by atoms with Gasteiger partial charge in [-0.3, -0.25) is 9.59 Å². The van der Waals surface area contributed by atoms with Crippen LogP contribution >= 0.6 is 0 Å². The molecule has 0 aromatic rings. The Kier molecular flexibility index (Phi) is 25.0. The Labute approximate surface area is 195 Å². The van der Waals surface area contributed by atoms with Gasteiger partial charge in [0.05, 0.1) is 0 Å². The van der Waals surface area contributed by atoms with Gasteiger partial charge in [-0.25, -0.2) is 0 Å². The van der Waals surface area contributed by atoms with Crippen molar-refractivity contribution in [2.75, 3.05) is 52.4 Å². The van der Waals surface area contributed by atoms with Crippen molar-refractivity contribution in [3.8, 4) is 0 Å². The summed E-state index contributed by atoms with van der Waals surface area (Å²) in [5.74, 6) is -1.44. The third-order valence-corrected chi connectivity index (χ3v) is 5.40. The van der Waals surface area contributed by atoms with E-state index in [9.17, 15) is 9.59 Å². The summed E-state index contributed by atoms with van der Waals surface area (Å²) < 4.78 is 0. The summed E-state index contributed by atoms with van der Waals surface area (Å²) in [4.78, 5) is 20.8. The Morgan fingerprint density at radius 3 is 0.906 bits per heavy atom. The number of carboxylic acid groups (broad SMARTS) is 2. The van der Waals surface area contributed by atoms with Gasteiger partial charge in [-0.2, -0.15) is 0 Å². The maximum atomic E-state index is 10.4. The smallest absolute Gasteiger partial charge is 0.303 e. The lowest BCUT2D eigenvalue weighted by Crippen LogP contribution is -2.28. The summed E-state index contributed by atoms with van der Waals surface area (Å²) in [5, 5.41) is 30.5. The van der Waals surface area contributed by atoms with Crippen molar-refractivity contribution in [2.24, 2.45) is 0 Å². The van der Waals surface area contributed by atoms with Crippen molar-refractivity contribution in [1.82, 2.24) is 21.3 Å². The van der Waals surface area contributed by atoms with Crippen LogP contribution in [-0.4, -0.2) is 74.5 Å². The minimum Gasteiger partial charge on any atom is -0.481 e. The van der Waals surface area contributed by atoms with Crippen LogP contribution in [0.5, 0.6) is 0 Å². The van der Waals surface area contributed by atoms with Crippen molar-refractivity contribution in [3.05, 3.63) is 0 Å². The first kappa shape index (κ1) is 30.8. The maximum absolute atomic E-state index is 10.4. The molecule has 0 amide bonds. The summed E-state index contributed by atoms with van der Waals surface area (Å²) in [6.45, 7) is 7.42. The van der Waals surface area contributed by atoms with Gasteiger partial charge in [0.2, 0.25) is 0 Å². The van der Waals surface area contributed by atoms with E-state index in [0.717, 1.165) is 52.4 Å². The van der Waals surface area contributed by atoms with E-state index in [0.29, 0.717) is 12.8 Å². The number of carboxylic acids is 2. The van der Waals surface area contributed by atoms with Crippen molar-refractivity contribution in [1.29, 1.82) is 0 Å². The van der Waals surface area contributed by atoms with Crippen LogP contribution in [0.3, 0.4) is 0 Å². The number of hydrogen-bond acceptors (Lipinski definition) is 6. The predicted octanol–water partition coefficient (Wildman–Crippen LogP) is 2.98. The minimum absolute atomic E-state index is 0.247. The van der Waals surface area contributed by atoms with E-state index in [2.05, 4.69) is 21.3 Å². The quantitative estimate of drug-likeness (QED) is 0.104. The van der Waals surface area contributed by atoms with Crippen molar-refractivity contribution in [2.45, 2.75) is 89.9 Å². The van der Waals surface area contributed by atoms with Crippen LogP contribution in [0, 0.1) is 0 Å². The molecule has 0 spiro atoms. The molecule has 0 aromatic carbocycles. The second kappa shape index (κ2) is 26.0. The molecule has 0 aliphatic heterocycles. The van der Waals surface area contributed by atoms with Gasteiger partial charge in [0.15, 0.2) is 0 Å².